The second kappa shape index (κ2) is 8.75. The third-order valence-electron chi connectivity index (χ3n) is 6.69. The first-order valence-electron chi connectivity index (χ1n) is 10.8. The summed E-state index contributed by atoms with van der Waals surface area (Å²) in [5.41, 5.74) is 1.73. The molecule has 1 aromatic carbocycles. The van der Waals surface area contributed by atoms with Crippen molar-refractivity contribution < 1.29 is 19.4 Å². The van der Waals surface area contributed by atoms with Crippen molar-refractivity contribution in [1.29, 1.82) is 0 Å². The van der Waals surface area contributed by atoms with Gasteiger partial charge in [0.1, 0.15) is 5.56 Å². The van der Waals surface area contributed by atoms with Gasteiger partial charge in [-0.15, -0.1) is 0 Å². The van der Waals surface area contributed by atoms with Gasteiger partial charge in [-0.25, -0.2) is 0 Å². The van der Waals surface area contributed by atoms with Crippen molar-refractivity contribution in [2.45, 2.75) is 38.8 Å². The molecule has 1 unspecified atom stereocenters. The highest BCUT2D eigenvalue weighted by Gasteiger charge is 2.42. The number of amides is 1. The van der Waals surface area contributed by atoms with Crippen LogP contribution in [0.1, 0.15) is 34.3 Å². The Labute approximate surface area is 182 Å². The number of benzene rings is 1. The molecule has 7 heteroatoms. The van der Waals surface area contributed by atoms with Crippen molar-refractivity contribution in [2.24, 2.45) is 11.8 Å². The van der Waals surface area contributed by atoms with E-state index < -0.39 is 0 Å². The van der Waals surface area contributed by atoms with Crippen LogP contribution in [0.3, 0.4) is 0 Å². The monoisotopic (exact) mass is 426 g/mol. The lowest BCUT2D eigenvalue weighted by molar-refractivity contribution is 0.0762. The molecule has 0 spiro atoms. The molecule has 2 heterocycles. The number of hydrogen-bond acceptors (Lipinski definition) is 5. The Bertz CT molecular complexity index is 1020. The summed E-state index contributed by atoms with van der Waals surface area (Å²) >= 11 is 0. The summed E-state index contributed by atoms with van der Waals surface area (Å²) in [6, 6.07) is 7.54. The van der Waals surface area contributed by atoms with Crippen LogP contribution in [0.25, 0.3) is 0 Å². The summed E-state index contributed by atoms with van der Waals surface area (Å²) in [4.78, 5) is 28.2. The van der Waals surface area contributed by atoms with Crippen LogP contribution in [0.4, 0.5) is 0 Å². The standard InChI is InChI=1S/C24H30N2O5/c1-15-6-8-25(9-7-16-4-5-20(30-2)21(10-16)31-3)23(28)22(15)24(29)26-13-17-11-19(27)12-18(17)14-26/h4-6,8,10,17-19,27H,7,9,11-14H2,1-3H3/t17-,18+,19?. The van der Waals surface area contributed by atoms with Crippen molar-refractivity contribution in [1.82, 2.24) is 9.47 Å². The molecular formula is C24H30N2O5. The Morgan fingerprint density at radius 1 is 1.10 bits per heavy atom. The molecule has 2 fully saturated rings. The number of carbonyl (C=O) groups excluding carboxylic acids is 1. The molecule has 1 amide bonds. The van der Waals surface area contributed by atoms with Crippen LogP contribution in [0.2, 0.25) is 0 Å². The van der Waals surface area contributed by atoms with E-state index in [1.54, 1.807) is 29.9 Å². The minimum Gasteiger partial charge on any atom is -0.493 e. The van der Waals surface area contributed by atoms with Gasteiger partial charge in [0.2, 0.25) is 0 Å². The number of aromatic nitrogens is 1. The Kier molecular flexibility index (Phi) is 6.05. The fourth-order valence-corrected chi connectivity index (χ4v) is 4.98. The average Bonchev–Trinajstić information content (AvgIpc) is 3.30. The van der Waals surface area contributed by atoms with Gasteiger partial charge in [0, 0.05) is 25.8 Å². The second-order valence-electron chi connectivity index (χ2n) is 8.67. The van der Waals surface area contributed by atoms with E-state index in [1.807, 2.05) is 31.2 Å². The third kappa shape index (κ3) is 4.19. The van der Waals surface area contributed by atoms with Crippen molar-refractivity contribution in [3.63, 3.8) is 0 Å². The molecule has 3 atom stereocenters. The topological polar surface area (TPSA) is 81.0 Å². The van der Waals surface area contributed by atoms with E-state index >= 15 is 0 Å². The molecule has 2 aromatic rings. The van der Waals surface area contributed by atoms with Gasteiger partial charge < -0.3 is 24.0 Å². The van der Waals surface area contributed by atoms with E-state index in [4.69, 9.17) is 9.47 Å². The highest BCUT2D eigenvalue weighted by atomic mass is 16.5. The van der Waals surface area contributed by atoms with Gasteiger partial charge in [-0.3, -0.25) is 9.59 Å². The number of hydrogen-bond donors (Lipinski definition) is 1. The van der Waals surface area contributed by atoms with Crippen LogP contribution in [0, 0.1) is 18.8 Å². The summed E-state index contributed by atoms with van der Waals surface area (Å²) < 4.78 is 12.2. The number of rotatable bonds is 6. The molecule has 1 N–H and O–H groups in total. The smallest absolute Gasteiger partial charge is 0.263 e. The van der Waals surface area contributed by atoms with Crippen LogP contribution >= 0.6 is 0 Å². The summed E-state index contributed by atoms with van der Waals surface area (Å²) in [5, 5.41) is 9.85. The number of aliphatic hydroxyl groups excluding tert-OH is 1. The molecule has 0 radical (unpaired) electrons. The molecule has 7 nitrogen and oxygen atoms in total. The van der Waals surface area contributed by atoms with Gasteiger partial charge in [-0.05, 0) is 67.3 Å². The lowest BCUT2D eigenvalue weighted by Crippen LogP contribution is -2.37. The molecule has 1 saturated carbocycles. The van der Waals surface area contributed by atoms with E-state index in [-0.39, 0.29) is 23.1 Å². The summed E-state index contributed by atoms with van der Waals surface area (Å²) in [7, 11) is 3.19. The fraction of sp³-hybridized carbons (Fsp3) is 0.500. The molecule has 2 aliphatic rings. The van der Waals surface area contributed by atoms with Crippen molar-refractivity contribution >= 4 is 5.91 Å². The largest absolute Gasteiger partial charge is 0.493 e. The van der Waals surface area contributed by atoms with E-state index in [9.17, 15) is 14.7 Å². The lowest BCUT2D eigenvalue weighted by atomic mass is 10.0. The number of ether oxygens (including phenoxy) is 2. The summed E-state index contributed by atoms with van der Waals surface area (Å²) in [5.74, 6) is 1.81. The van der Waals surface area contributed by atoms with Crippen LogP contribution in [-0.4, -0.2) is 53.9 Å². The van der Waals surface area contributed by atoms with Crippen molar-refractivity contribution in [3.05, 3.63) is 57.5 Å². The van der Waals surface area contributed by atoms with E-state index in [2.05, 4.69) is 0 Å². The predicted molar refractivity (Wildman–Crippen MR) is 117 cm³/mol. The first-order chi connectivity index (χ1) is 14.9. The normalized spacial score (nSPS) is 22.5. The molecule has 31 heavy (non-hydrogen) atoms. The van der Waals surface area contributed by atoms with Crippen LogP contribution in [0.5, 0.6) is 11.5 Å². The zero-order valence-corrected chi connectivity index (χ0v) is 18.3. The Morgan fingerprint density at radius 2 is 1.77 bits per heavy atom. The van der Waals surface area contributed by atoms with Gasteiger partial charge >= 0.3 is 0 Å². The Morgan fingerprint density at radius 3 is 2.42 bits per heavy atom. The number of pyridine rings is 1. The number of aryl methyl sites for hydroxylation is 3. The average molecular weight is 427 g/mol. The molecular weight excluding hydrogens is 396 g/mol. The maximum absolute atomic E-state index is 13.2. The third-order valence-corrected chi connectivity index (χ3v) is 6.69. The second-order valence-corrected chi connectivity index (χ2v) is 8.67. The number of carbonyl (C=O) groups is 1. The van der Waals surface area contributed by atoms with Crippen LogP contribution < -0.4 is 15.0 Å². The summed E-state index contributed by atoms with van der Waals surface area (Å²) in [6.45, 7) is 3.53. The molecule has 1 aliphatic heterocycles. The minimum absolute atomic E-state index is 0.188. The number of likely N-dealkylation sites (tertiary alicyclic amines) is 1. The lowest BCUT2D eigenvalue weighted by Gasteiger charge is -2.19. The SMILES string of the molecule is COc1ccc(CCn2ccc(C)c(C(=O)N3C[C@H]4CC(O)C[C@H]4C3)c2=O)cc1OC. The first kappa shape index (κ1) is 21.4. The van der Waals surface area contributed by atoms with Gasteiger partial charge in [-0.2, -0.15) is 0 Å². The van der Waals surface area contributed by atoms with Crippen molar-refractivity contribution in [2.75, 3.05) is 27.3 Å². The maximum atomic E-state index is 13.2. The minimum atomic E-state index is -0.250. The van der Waals surface area contributed by atoms with Crippen LogP contribution in [-0.2, 0) is 13.0 Å². The zero-order valence-electron chi connectivity index (χ0n) is 18.3. The Hall–Kier alpha value is -2.80. The number of aliphatic hydroxyl groups is 1. The van der Waals surface area contributed by atoms with Gasteiger partial charge in [0.25, 0.3) is 11.5 Å². The highest BCUT2D eigenvalue weighted by molar-refractivity contribution is 5.95. The predicted octanol–water partition coefficient (Wildman–Crippen LogP) is 2.26. The first-order valence-corrected chi connectivity index (χ1v) is 10.8. The molecule has 4 rings (SSSR count). The van der Waals surface area contributed by atoms with Crippen molar-refractivity contribution in [3.8, 4) is 11.5 Å². The molecule has 1 saturated heterocycles. The zero-order chi connectivity index (χ0) is 22.1. The van der Waals surface area contributed by atoms with Gasteiger partial charge in [0.05, 0.1) is 20.3 Å². The highest BCUT2D eigenvalue weighted by Crippen LogP contribution is 2.38. The molecule has 1 aliphatic carbocycles. The summed E-state index contributed by atoms with van der Waals surface area (Å²) in [6.07, 6.45) is 3.63. The molecule has 166 valence electrons. The Balaban J connectivity index is 1.50. The number of nitrogens with zero attached hydrogens (tertiary/aromatic N) is 2. The maximum Gasteiger partial charge on any atom is 0.263 e. The molecule has 0 bridgehead atoms. The quantitative estimate of drug-likeness (QED) is 0.766. The fourth-order valence-electron chi connectivity index (χ4n) is 4.98. The van der Waals surface area contributed by atoms with E-state index in [1.165, 1.54) is 0 Å². The number of fused-ring (bicyclic) bond motifs is 1. The van der Waals surface area contributed by atoms with E-state index in [0.29, 0.717) is 55.0 Å². The van der Waals surface area contributed by atoms with E-state index in [0.717, 1.165) is 18.4 Å². The van der Waals surface area contributed by atoms with Gasteiger partial charge in [0.15, 0.2) is 11.5 Å². The number of methoxy groups -OCH3 is 2. The van der Waals surface area contributed by atoms with Crippen LogP contribution in [0.15, 0.2) is 35.3 Å². The molecule has 1 aromatic heterocycles. The van der Waals surface area contributed by atoms with Gasteiger partial charge in [-0.1, -0.05) is 6.07 Å².